The summed E-state index contributed by atoms with van der Waals surface area (Å²) < 4.78 is 4.97. The van der Waals surface area contributed by atoms with Crippen molar-refractivity contribution in [3.05, 3.63) is 29.3 Å². The van der Waals surface area contributed by atoms with Crippen LogP contribution in [0.1, 0.15) is 11.1 Å². The second kappa shape index (κ2) is 3.79. The normalized spacial score (nSPS) is 10.1. The lowest BCUT2D eigenvalue weighted by Crippen LogP contribution is -1.81. The predicted molar refractivity (Wildman–Crippen MR) is 48.8 cm³/mol. The molecule has 1 nitrogen and oxygen atoms in total. The number of aryl methyl sites for hydroxylation is 2. The molecule has 0 bridgehead atoms. The Labute approximate surface area is 72.0 Å². The van der Waals surface area contributed by atoms with Gasteiger partial charge in [-0.3, -0.25) is 0 Å². The third kappa shape index (κ3) is 2.24. The van der Waals surface area contributed by atoms with Crippen molar-refractivity contribution in [2.75, 3.05) is 7.11 Å². The summed E-state index contributed by atoms with van der Waals surface area (Å²) >= 11 is 1.41. The molecule has 1 aromatic rings. The molecule has 0 atom stereocenters. The maximum Gasteiger partial charge on any atom is 0.0508 e. The average molecular weight is 168 g/mol. The van der Waals surface area contributed by atoms with E-state index in [-0.39, 0.29) is 0 Å². The van der Waals surface area contributed by atoms with Gasteiger partial charge in [-0.2, -0.15) is 0 Å². The van der Waals surface area contributed by atoms with Gasteiger partial charge < -0.3 is 4.18 Å². The molecule has 0 amide bonds. The van der Waals surface area contributed by atoms with Crippen molar-refractivity contribution in [3.63, 3.8) is 0 Å². The molecule has 11 heavy (non-hydrogen) atoms. The van der Waals surface area contributed by atoms with Crippen molar-refractivity contribution in [2.24, 2.45) is 0 Å². The van der Waals surface area contributed by atoms with E-state index in [1.807, 2.05) is 0 Å². The van der Waals surface area contributed by atoms with Gasteiger partial charge >= 0.3 is 0 Å². The van der Waals surface area contributed by atoms with Crippen LogP contribution < -0.4 is 0 Å². The molecule has 2 heteroatoms. The molecular weight excluding hydrogens is 156 g/mol. The van der Waals surface area contributed by atoms with E-state index >= 15 is 0 Å². The Balaban J connectivity index is 2.90. The Bertz CT molecular complexity index is 245. The maximum atomic E-state index is 4.97. The van der Waals surface area contributed by atoms with Gasteiger partial charge in [0.05, 0.1) is 7.11 Å². The number of hydrogen-bond acceptors (Lipinski definition) is 2. The minimum absolute atomic E-state index is 1.19. The van der Waals surface area contributed by atoms with Crippen molar-refractivity contribution >= 4 is 12.0 Å². The highest BCUT2D eigenvalue weighted by Crippen LogP contribution is 2.22. The number of rotatable bonds is 2. The lowest BCUT2D eigenvalue weighted by molar-refractivity contribution is 0.489. The third-order valence-corrected chi connectivity index (χ3v) is 2.31. The molecule has 1 aromatic carbocycles. The van der Waals surface area contributed by atoms with E-state index < -0.39 is 0 Å². The van der Waals surface area contributed by atoms with E-state index in [9.17, 15) is 0 Å². The average Bonchev–Trinajstić information content (AvgIpc) is 1.95. The molecule has 0 aliphatic carbocycles. The zero-order valence-electron chi connectivity index (χ0n) is 7.05. The van der Waals surface area contributed by atoms with Crippen molar-refractivity contribution in [3.8, 4) is 0 Å². The molecule has 0 heterocycles. The minimum Gasteiger partial charge on any atom is -0.314 e. The van der Waals surface area contributed by atoms with Crippen LogP contribution >= 0.6 is 12.0 Å². The molecule has 0 aromatic heterocycles. The third-order valence-electron chi connectivity index (χ3n) is 1.50. The molecule has 0 N–H and O–H groups in total. The Kier molecular flexibility index (Phi) is 2.97. The summed E-state index contributed by atoms with van der Waals surface area (Å²) in [4.78, 5) is 1.19. The van der Waals surface area contributed by atoms with Gasteiger partial charge in [-0.15, -0.1) is 0 Å². The van der Waals surface area contributed by atoms with Crippen LogP contribution in [0.2, 0.25) is 0 Å². The van der Waals surface area contributed by atoms with Gasteiger partial charge in [0.25, 0.3) is 0 Å². The van der Waals surface area contributed by atoms with Crippen LogP contribution in [-0.2, 0) is 4.18 Å². The molecule has 0 saturated heterocycles. The monoisotopic (exact) mass is 168 g/mol. The van der Waals surface area contributed by atoms with E-state index in [2.05, 4.69) is 32.0 Å². The van der Waals surface area contributed by atoms with Gasteiger partial charge in [0.1, 0.15) is 0 Å². The summed E-state index contributed by atoms with van der Waals surface area (Å²) in [6, 6.07) is 6.33. The molecule has 0 fully saturated rings. The number of benzene rings is 1. The van der Waals surface area contributed by atoms with Crippen LogP contribution in [-0.4, -0.2) is 7.11 Å². The highest BCUT2D eigenvalue weighted by atomic mass is 32.2. The summed E-state index contributed by atoms with van der Waals surface area (Å²) in [7, 11) is 1.68. The second-order valence-electron chi connectivity index (χ2n) is 2.52. The van der Waals surface area contributed by atoms with Crippen LogP contribution in [0, 0.1) is 13.8 Å². The van der Waals surface area contributed by atoms with Crippen molar-refractivity contribution in [1.29, 1.82) is 0 Å². The van der Waals surface area contributed by atoms with Crippen LogP contribution in [0.5, 0.6) is 0 Å². The molecular formula is C9H12OS. The summed E-state index contributed by atoms with van der Waals surface area (Å²) in [6.07, 6.45) is 0. The van der Waals surface area contributed by atoms with Crippen LogP contribution in [0.15, 0.2) is 23.1 Å². The van der Waals surface area contributed by atoms with Gasteiger partial charge in [0, 0.05) is 16.9 Å². The molecule has 0 radical (unpaired) electrons. The first-order chi connectivity index (χ1) is 5.24. The first-order valence-electron chi connectivity index (χ1n) is 3.52. The predicted octanol–water partition coefficient (Wildman–Crippen LogP) is 2.96. The van der Waals surface area contributed by atoms with E-state index in [0.29, 0.717) is 0 Å². The Morgan fingerprint density at radius 3 is 2.55 bits per heavy atom. The van der Waals surface area contributed by atoms with Crippen LogP contribution in [0.3, 0.4) is 0 Å². The van der Waals surface area contributed by atoms with Gasteiger partial charge in [-0.1, -0.05) is 17.7 Å². The Hall–Kier alpha value is -0.470. The summed E-state index contributed by atoms with van der Waals surface area (Å²) in [6.45, 7) is 4.18. The van der Waals surface area contributed by atoms with E-state index in [1.54, 1.807) is 7.11 Å². The SMILES string of the molecule is COSc1ccc(C)cc1C. The second-order valence-corrected chi connectivity index (χ2v) is 3.46. The van der Waals surface area contributed by atoms with E-state index in [4.69, 9.17) is 4.18 Å². The van der Waals surface area contributed by atoms with Gasteiger partial charge in [-0.05, 0) is 25.5 Å². The highest BCUT2D eigenvalue weighted by molar-refractivity contribution is 7.94. The van der Waals surface area contributed by atoms with Crippen molar-refractivity contribution in [1.82, 2.24) is 0 Å². The fraction of sp³-hybridized carbons (Fsp3) is 0.333. The standard InChI is InChI=1S/C9H12OS/c1-7-4-5-9(11-10-3)8(2)6-7/h4-6H,1-3H3. The summed E-state index contributed by atoms with van der Waals surface area (Å²) in [5, 5.41) is 0. The first-order valence-corrected chi connectivity index (χ1v) is 4.26. The Morgan fingerprint density at radius 2 is 2.00 bits per heavy atom. The summed E-state index contributed by atoms with van der Waals surface area (Å²) in [5.74, 6) is 0. The quantitative estimate of drug-likeness (QED) is 0.628. The van der Waals surface area contributed by atoms with Crippen LogP contribution in [0.25, 0.3) is 0 Å². The molecule has 1 rings (SSSR count). The topological polar surface area (TPSA) is 9.23 Å². The molecule has 60 valence electrons. The largest absolute Gasteiger partial charge is 0.314 e. The van der Waals surface area contributed by atoms with E-state index in [1.165, 1.54) is 28.1 Å². The minimum atomic E-state index is 1.19. The Morgan fingerprint density at radius 1 is 1.27 bits per heavy atom. The van der Waals surface area contributed by atoms with Gasteiger partial charge in [0.2, 0.25) is 0 Å². The van der Waals surface area contributed by atoms with Crippen molar-refractivity contribution < 1.29 is 4.18 Å². The smallest absolute Gasteiger partial charge is 0.0508 e. The fourth-order valence-electron chi connectivity index (χ4n) is 0.983. The van der Waals surface area contributed by atoms with Crippen molar-refractivity contribution in [2.45, 2.75) is 18.7 Å². The lowest BCUT2D eigenvalue weighted by atomic mass is 10.2. The maximum absolute atomic E-state index is 4.97. The molecule has 0 spiro atoms. The first kappa shape index (κ1) is 8.62. The zero-order valence-corrected chi connectivity index (χ0v) is 7.87. The van der Waals surface area contributed by atoms with Gasteiger partial charge in [-0.25, -0.2) is 0 Å². The van der Waals surface area contributed by atoms with Gasteiger partial charge in [0.15, 0.2) is 0 Å². The molecule has 0 unspecified atom stereocenters. The lowest BCUT2D eigenvalue weighted by Gasteiger charge is -2.02. The molecule has 0 aliphatic rings. The molecule has 0 aliphatic heterocycles. The molecule has 0 saturated carbocycles. The zero-order chi connectivity index (χ0) is 8.27. The number of hydrogen-bond donors (Lipinski definition) is 0. The fourth-order valence-corrected chi connectivity index (χ4v) is 1.48. The van der Waals surface area contributed by atoms with Crippen LogP contribution in [0.4, 0.5) is 0 Å². The summed E-state index contributed by atoms with van der Waals surface area (Å²) in [5.41, 5.74) is 2.57. The highest BCUT2D eigenvalue weighted by Gasteiger charge is 1.97. The van der Waals surface area contributed by atoms with E-state index in [0.717, 1.165) is 0 Å².